The normalized spacial score (nSPS) is 11.1. The average Bonchev–Trinajstić information content (AvgIpc) is 2.10. The maximum atomic E-state index is 11.4. The van der Waals surface area contributed by atoms with Gasteiger partial charge in [-0.3, -0.25) is 9.59 Å². The summed E-state index contributed by atoms with van der Waals surface area (Å²) in [5.74, 6) is 1.44. The van der Waals surface area contributed by atoms with Crippen molar-refractivity contribution >= 4 is 11.6 Å². The predicted octanol–water partition coefficient (Wildman–Crippen LogP) is 3.39. The summed E-state index contributed by atoms with van der Waals surface area (Å²) in [6.45, 7) is 8.27. The van der Waals surface area contributed by atoms with Crippen molar-refractivity contribution in [1.82, 2.24) is 0 Å². The lowest BCUT2D eigenvalue weighted by molar-refractivity contribution is -0.124. The van der Waals surface area contributed by atoms with Crippen molar-refractivity contribution in [2.45, 2.75) is 59.8 Å². The molecule has 0 saturated carbocycles. The Labute approximate surface area is 93.4 Å². The zero-order valence-electron chi connectivity index (χ0n) is 10.5. The van der Waals surface area contributed by atoms with Gasteiger partial charge in [-0.05, 0) is 18.3 Å². The van der Waals surface area contributed by atoms with E-state index in [2.05, 4.69) is 13.8 Å². The first-order valence-corrected chi connectivity index (χ1v) is 5.95. The molecule has 0 spiro atoms. The smallest absolute Gasteiger partial charge is 0.133 e. The molecule has 0 aliphatic carbocycles. The molecule has 0 aromatic carbocycles. The molecule has 0 aromatic rings. The number of hydrogen-bond acceptors (Lipinski definition) is 2. The van der Waals surface area contributed by atoms with Crippen LogP contribution in [0.3, 0.4) is 0 Å². The van der Waals surface area contributed by atoms with Crippen molar-refractivity contribution in [3.8, 4) is 0 Å². The maximum absolute atomic E-state index is 11.4. The topological polar surface area (TPSA) is 34.1 Å². The Hall–Kier alpha value is -0.660. The number of rotatable bonds is 8. The molecular weight excluding hydrogens is 188 g/mol. The van der Waals surface area contributed by atoms with Crippen LogP contribution >= 0.6 is 0 Å². The van der Waals surface area contributed by atoms with Gasteiger partial charge >= 0.3 is 0 Å². The molecular formula is C13H24O2. The van der Waals surface area contributed by atoms with Gasteiger partial charge in [0.25, 0.3) is 0 Å². The minimum Gasteiger partial charge on any atom is -0.300 e. The number of carbonyl (C=O) groups is 2. The second-order valence-electron chi connectivity index (χ2n) is 5.11. The molecule has 0 fully saturated rings. The van der Waals surface area contributed by atoms with Gasteiger partial charge in [0.15, 0.2) is 0 Å². The van der Waals surface area contributed by atoms with E-state index in [1.807, 2.05) is 13.8 Å². The van der Waals surface area contributed by atoms with E-state index in [0.717, 1.165) is 6.42 Å². The van der Waals surface area contributed by atoms with Gasteiger partial charge in [0.1, 0.15) is 11.6 Å². The third kappa shape index (κ3) is 9.64. The highest BCUT2D eigenvalue weighted by molar-refractivity contribution is 5.86. The number of ketones is 2. The summed E-state index contributed by atoms with van der Waals surface area (Å²) >= 11 is 0. The van der Waals surface area contributed by atoms with Crippen LogP contribution in [0.1, 0.15) is 59.8 Å². The van der Waals surface area contributed by atoms with Gasteiger partial charge in [-0.25, -0.2) is 0 Å². The minimum atomic E-state index is 0.225. The van der Waals surface area contributed by atoms with Gasteiger partial charge in [0, 0.05) is 25.7 Å². The maximum Gasteiger partial charge on any atom is 0.133 e. The van der Waals surface area contributed by atoms with E-state index in [9.17, 15) is 9.59 Å². The summed E-state index contributed by atoms with van der Waals surface area (Å²) in [7, 11) is 0. The van der Waals surface area contributed by atoms with E-state index in [1.54, 1.807) is 0 Å². The zero-order chi connectivity index (χ0) is 11.8. The first kappa shape index (κ1) is 14.3. The van der Waals surface area contributed by atoms with Gasteiger partial charge in [-0.15, -0.1) is 0 Å². The molecule has 0 unspecified atom stereocenters. The molecule has 0 amide bonds. The Balaban J connectivity index is 3.58. The lowest BCUT2D eigenvalue weighted by atomic mass is 9.99. The van der Waals surface area contributed by atoms with Crippen LogP contribution in [0, 0.1) is 11.8 Å². The molecule has 0 heterocycles. The van der Waals surface area contributed by atoms with Gasteiger partial charge in [0.2, 0.25) is 0 Å². The van der Waals surface area contributed by atoms with Gasteiger partial charge < -0.3 is 0 Å². The van der Waals surface area contributed by atoms with Crippen molar-refractivity contribution in [1.29, 1.82) is 0 Å². The summed E-state index contributed by atoms with van der Waals surface area (Å²) in [4.78, 5) is 22.7. The van der Waals surface area contributed by atoms with Gasteiger partial charge in [0.05, 0.1) is 0 Å². The van der Waals surface area contributed by atoms with Crippen LogP contribution in [0.15, 0.2) is 0 Å². The van der Waals surface area contributed by atoms with Crippen LogP contribution in [-0.4, -0.2) is 11.6 Å². The van der Waals surface area contributed by atoms with E-state index < -0.39 is 0 Å². The predicted molar refractivity (Wildman–Crippen MR) is 62.8 cm³/mol. The molecule has 0 aliphatic rings. The summed E-state index contributed by atoms with van der Waals surface area (Å²) in [6.07, 6.45) is 3.06. The van der Waals surface area contributed by atoms with Crippen LogP contribution in [0.5, 0.6) is 0 Å². The molecule has 2 heteroatoms. The summed E-state index contributed by atoms with van der Waals surface area (Å²) < 4.78 is 0. The lowest BCUT2D eigenvalue weighted by Gasteiger charge is -2.05. The third-order valence-electron chi connectivity index (χ3n) is 2.32. The summed E-state index contributed by atoms with van der Waals surface area (Å²) in [6, 6.07) is 0. The van der Waals surface area contributed by atoms with E-state index in [4.69, 9.17) is 0 Å². The molecule has 0 atom stereocenters. The number of carbonyl (C=O) groups excluding carboxylic acids is 2. The second-order valence-corrected chi connectivity index (χ2v) is 5.11. The number of hydrogen-bond donors (Lipinski definition) is 0. The van der Waals surface area contributed by atoms with Crippen LogP contribution in [-0.2, 0) is 9.59 Å². The fourth-order valence-electron chi connectivity index (χ4n) is 1.41. The molecule has 0 N–H and O–H groups in total. The number of Topliss-reactive ketones (excluding diaryl/α,β-unsaturated/α-hetero) is 2. The van der Waals surface area contributed by atoms with Crippen molar-refractivity contribution in [2.24, 2.45) is 11.8 Å². The Morgan fingerprint density at radius 2 is 1.33 bits per heavy atom. The first-order valence-electron chi connectivity index (χ1n) is 5.95. The van der Waals surface area contributed by atoms with Crippen LogP contribution < -0.4 is 0 Å². The molecule has 0 radical (unpaired) electrons. The van der Waals surface area contributed by atoms with E-state index >= 15 is 0 Å². The van der Waals surface area contributed by atoms with Crippen LogP contribution in [0.2, 0.25) is 0 Å². The molecule has 0 aromatic heterocycles. The van der Waals surface area contributed by atoms with Crippen LogP contribution in [0.25, 0.3) is 0 Å². The van der Waals surface area contributed by atoms with E-state index in [-0.39, 0.29) is 11.6 Å². The summed E-state index contributed by atoms with van der Waals surface area (Å²) in [5.41, 5.74) is 0. The zero-order valence-corrected chi connectivity index (χ0v) is 10.5. The highest BCUT2D eigenvalue weighted by atomic mass is 16.1. The molecule has 0 bridgehead atoms. The Kier molecular flexibility index (Phi) is 7.27. The lowest BCUT2D eigenvalue weighted by Crippen LogP contribution is -2.07. The molecule has 88 valence electrons. The van der Waals surface area contributed by atoms with Crippen molar-refractivity contribution < 1.29 is 9.59 Å². The van der Waals surface area contributed by atoms with E-state index in [0.29, 0.717) is 37.5 Å². The fourth-order valence-corrected chi connectivity index (χ4v) is 1.41. The first-order chi connectivity index (χ1) is 6.91. The largest absolute Gasteiger partial charge is 0.300 e. The van der Waals surface area contributed by atoms with Crippen molar-refractivity contribution in [3.63, 3.8) is 0 Å². The van der Waals surface area contributed by atoms with E-state index in [1.165, 1.54) is 0 Å². The average molecular weight is 212 g/mol. The Bertz CT molecular complexity index is 205. The van der Waals surface area contributed by atoms with Crippen LogP contribution in [0.4, 0.5) is 0 Å². The van der Waals surface area contributed by atoms with Crippen molar-refractivity contribution in [3.05, 3.63) is 0 Å². The minimum absolute atomic E-state index is 0.225. The van der Waals surface area contributed by atoms with Crippen molar-refractivity contribution in [2.75, 3.05) is 0 Å². The quantitative estimate of drug-likeness (QED) is 0.618. The SMILES string of the molecule is CC(C)CCC(=O)CCC(=O)CC(C)C. The highest BCUT2D eigenvalue weighted by Crippen LogP contribution is 2.09. The molecule has 15 heavy (non-hydrogen) atoms. The monoisotopic (exact) mass is 212 g/mol. The van der Waals surface area contributed by atoms with Gasteiger partial charge in [-0.1, -0.05) is 27.7 Å². The molecule has 0 saturated heterocycles. The standard InChI is InChI=1S/C13H24O2/c1-10(2)5-6-12(14)7-8-13(15)9-11(3)4/h10-11H,5-9H2,1-4H3. The third-order valence-corrected chi connectivity index (χ3v) is 2.32. The second kappa shape index (κ2) is 7.61. The Morgan fingerprint density at radius 1 is 0.800 bits per heavy atom. The molecule has 0 rings (SSSR count). The summed E-state index contributed by atoms with van der Waals surface area (Å²) in [5, 5.41) is 0. The molecule has 0 aliphatic heterocycles. The highest BCUT2D eigenvalue weighted by Gasteiger charge is 2.09. The molecule has 2 nitrogen and oxygen atoms in total. The fraction of sp³-hybridized carbons (Fsp3) is 0.846. The Morgan fingerprint density at radius 3 is 1.80 bits per heavy atom. The van der Waals surface area contributed by atoms with Gasteiger partial charge in [-0.2, -0.15) is 0 Å².